The highest BCUT2D eigenvalue weighted by Gasteiger charge is 2.62. The van der Waals surface area contributed by atoms with Crippen molar-refractivity contribution in [2.75, 3.05) is 7.11 Å². The first kappa shape index (κ1) is 21.6. The summed E-state index contributed by atoms with van der Waals surface area (Å²) in [5.74, 6) is 2.16. The van der Waals surface area contributed by atoms with Crippen LogP contribution in [0, 0.1) is 47.3 Å². The second-order valence-electron chi connectivity index (χ2n) is 11.7. The van der Waals surface area contributed by atoms with E-state index >= 15 is 0 Å². The van der Waals surface area contributed by atoms with E-state index in [-0.39, 0.29) is 11.3 Å². The van der Waals surface area contributed by atoms with Crippen molar-refractivity contribution in [1.29, 1.82) is 0 Å². The summed E-state index contributed by atoms with van der Waals surface area (Å²) in [6.45, 7) is 7.13. The Bertz CT molecular complexity index is 855. The third-order valence-corrected chi connectivity index (χ3v) is 10.4. The van der Waals surface area contributed by atoms with Crippen molar-refractivity contribution in [3.63, 3.8) is 0 Å². The number of aromatic nitrogens is 3. The maximum atomic E-state index is 13.3. The van der Waals surface area contributed by atoms with Crippen LogP contribution in [0.4, 0.5) is 0 Å². The van der Waals surface area contributed by atoms with Crippen LogP contribution in [0.25, 0.3) is 0 Å². The molecule has 172 valence electrons. The summed E-state index contributed by atoms with van der Waals surface area (Å²) >= 11 is 0. The van der Waals surface area contributed by atoms with Gasteiger partial charge in [0.05, 0.1) is 11.9 Å². The normalized spacial score (nSPS) is 46.8. The molecule has 31 heavy (non-hydrogen) atoms. The van der Waals surface area contributed by atoms with E-state index in [4.69, 9.17) is 4.74 Å². The molecule has 0 bridgehead atoms. The molecule has 0 unspecified atom stereocenters. The van der Waals surface area contributed by atoms with Crippen LogP contribution >= 0.6 is 0 Å². The molecule has 8 atom stereocenters. The molecule has 0 amide bonds. The lowest BCUT2D eigenvalue weighted by Gasteiger charge is -2.61. The molecule has 1 heterocycles. The van der Waals surface area contributed by atoms with Gasteiger partial charge in [0.15, 0.2) is 11.6 Å². The second kappa shape index (κ2) is 7.38. The Morgan fingerprint density at radius 3 is 2.61 bits per heavy atom. The fraction of sp³-hybridized carbons (Fsp3) is 0.880. The molecule has 4 aliphatic rings. The van der Waals surface area contributed by atoms with Crippen LogP contribution in [0.3, 0.4) is 0 Å². The van der Waals surface area contributed by atoms with Gasteiger partial charge in [-0.05, 0) is 86.4 Å². The molecule has 6 heteroatoms. The van der Waals surface area contributed by atoms with E-state index in [0.29, 0.717) is 29.6 Å². The molecule has 4 aliphatic carbocycles. The first-order chi connectivity index (χ1) is 14.7. The van der Waals surface area contributed by atoms with Gasteiger partial charge in [0, 0.05) is 25.9 Å². The second-order valence-corrected chi connectivity index (χ2v) is 11.7. The quantitative estimate of drug-likeness (QED) is 0.728. The number of carbonyl (C=O) groups excluding carboxylic acids is 1. The number of fused-ring (bicyclic) bond motifs is 5. The maximum absolute atomic E-state index is 13.3. The summed E-state index contributed by atoms with van der Waals surface area (Å²) in [6.07, 6.45) is 11.3. The summed E-state index contributed by atoms with van der Waals surface area (Å²) in [5, 5.41) is 19.4. The van der Waals surface area contributed by atoms with Gasteiger partial charge in [0.25, 0.3) is 0 Å². The Labute approximate surface area is 186 Å². The highest BCUT2D eigenvalue weighted by molar-refractivity contribution is 5.82. The van der Waals surface area contributed by atoms with E-state index in [0.717, 1.165) is 49.6 Å². The number of nitrogens with zero attached hydrogens (tertiary/aromatic N) is 3. The fourth-order valence-corrected chi connectivity index (χ4v) is 8.64. The Balaban J connectivity index is 1.34. The summed E-state index contributed by atoms with van der Waals surface area (Å²) < 4.78 is 5.49. The lowest BCUT2D eigenvalue weighted by Crippen LogP contribution is -2.56. The highest BCUT2D eigenvalue weighted by atomic mass is 16.6. The van der Waals surface area contributed by atoms with Gasteiger partial charge in [0.1, 0.15) is 6.54 Å². The topological polar surface area (TPSA) is 77.2 Å². The molecule has 6 nitrogen and oxygen atoms in total. The van der Waals surface area contributed by atoms with Crippen LogP contribution < -0.4 is 0 Å². The van der Waals surface area contributed by atoms with Gasteiger partial charge >= 0.3 is 0 Å². The van der Waals surface area contributed by atoms with Gasteiger partial charge in [-0.25, -0.2) is 0 Å². The number of aryl methyl sites for hydroxylation is 1. The van der Waals surface area contributed by atoms with Crippen LogP contribution in [-0.2, 0) is 16.1 Å². The monoisotopic (exact) mass is 429 g/mol. The van der Waals surface area contributed by atoms with Gasteiger partial charge in [-0.1, -0.05) is 13.8 Å². The Morgan fingerprint density at radius 1 is 1.13 bits per heavy atom. The third kappa shape index (κ3) is 3.31. The van der Waals surface area contributed by atoms with E-state index in [2.05, 4.69) is 24.0 Å². The predicted molar refractivity (Wildman–Crippen MR) is 117 cm³/mol. The van der Waals surface area contributed by atoms with Gasteiger partial charge in [0.2, 0.25) is 0 Å². The minimum absolute atomic E-state index is 0.117. The Morgan fingerprint density at radius 2 is 1.90 bits per heavy atom. The number of ether oxygens (including phenoxy) is 1. The van der Waals surface area contributed by atoms with Crippen molar-refractivity contribution in [1.82, 2.24) is 15.0 Å². The van der Waals surface area contributed by atoms with Crippen LogP contribution in [0.2, 0.25) is 0 Å². The average Bonchev–Trinajstić information content (AvgIpc) is 3.31. The average molecular weight is 430 g/mol. The summed E-state index contributed by atoms with van der Waals surface area (Å²) in [7, 11) is 1.65. The van der Waals surface area contributed by atoms with Gasteiger partial charge in [-0.3, -0.25) is 4.79 Å². The minimum Gasteiger partial charge on any atom is -0.365 e. The summed E-state index contributed by atoms with van der Waals surface area (Å²) in [5.41, 5.74) is 1.28. The number of ketones is 1. The molecule has 0 aliphatic heterocycles. The van der Waals surface area contributed by atoms with Crippen molar-refractivity contribution in [2.45, 2.75) is 90.9 Å². The minimum atomic E-state index is -0.927. The van der Waals surface area contributed by atoms with Gasteiger partial charge in [-0.15, -0.1) is 0 Å². The standard InChI is InChI=1S/C25H39N3O3/c1-16-14-26-28(27-16)15-22(29)21-8-7-19-18-6-5-17-13-25(30,31-4)12-11-23(17,2)20(18)9-10-24(19,21)3/h14,17-21,30H,5-13,15H2,1-4H3/t17-,18-,19-,20-,21+,23-,24-,25-/m0/s1. The number of methoxy groups -OCH3 is 1. The molecule has 4 saturated carbocycles. The number of rotatable bonds is 4. The van der Waals surface area contributed by atoms with Crippen molar-refractivity contribution in [2.24, 2.45) is 40.4 Å². The molecule has 1 N–H and O–H groups in total. The largest absolute Gasteiger partial charge is 0.365 e. The fourth-order valence-electron chi connectivity index (χ4n) is 8.64. The van der Waals surface area contributed by atoms with Crippen LogP contribution in [0.5, 0.6) is 0 Å². The van der Waals surface area contributed by atoms with Gasteiger partial charge < -0.3 is 9.84 Å². The zero-order chi connectivity index (χ0) is 22.0. The molecular weight excluding hydrogens is 390 g/mol. The predicted octanol–water partition coefficient (Wildman–Crippen LogP) is 4.15. The molecule has 0 spiro atoms. The van der Waals surface area contributed by atoms with Crippen molar-refractivity contribution < 1.29 is 14.6 Å². The molecule has 4 fully saturated rings. The smallest absolute Gasteiger partial charge is 0.165 e. The lowest BCUT2D eigenvalue weighted by atomic mass is 9.44. The molecule has 1 aromatic heterocycles. The van der Waals surface area contributed by atoms with E-state index < -0.39 is 5.79 Å². The molecular formula is C25H39N3O3. The Hall–Kier alpha value is -1.27. The van der Waals surface area contributed by atoms with E-state index in [1.165, 1.54) is 25.7 Å². The maximum Gasteiger partial charge on any atom is 0.165 e. The van der Waals surface area contributed by atoms with Crippen LogP contribution in [-0.4, -0.2) is 38.8 Å². The molecule has 0 saturated heterocycles. The number of aliphatic hydroxyl groups is 1. The highest BCUT2D eigenvalue weighted by Crippen LogP contribution is 2.68. The molecule has 0 aromatic carbocycles. The van der Waals surface area contributed by atoms with Gasteiger partial charge in [-0.2, -0.15) is 15.0 Å². The Kier molecular flexibility index (Phi) is 5.13. The van der Waals surface area contributed by atoms with E-state index in [1.807, 2.05) is 6.92 Å². The summed E-state index contributed by atoms with van der Waals surface area (Å²) in [4.78, 5) is 14.9. The summed E-state index contributed by atoms with van der Waals surface area (Å²) in [6, 6.07) is 0. The SMILES string of the molecule is CO[C@@]1(O)CC[C@@]2(C)[C@@H](CC[C@@H]3[C@@H]2CC[C@]2(C)[C@@H](C(=O)Cn4ncc(C)n4)CC[C@@H]32)C1. The number of hydrogen-bond donors (Lipinski definition) is 1. The number of Topliss-reactive ketones (excluding diaryl/α,β-unsaturated/α-hetero) is 1. The molecule has 1 aromatic rings. The first-order valence-corrected chi connectivity index (χ1v) is 12.4. The third-order valence-electron chi connectivity index (χ3n) is 10.4. The zero-order valence-electron chi connectivity index (χ0n) is 19.6. The zero-order valence-corrected chi connectivity index (χ0v) is 19.6. The molecule has 0 radical (unpaired) electrons. The number of carbonyl (C=O) groups is 1. The van der Waals surface area contributed by atoms with E-state index in [9.17, 15) is 9.90 Å². The van der Waals surface area contributed by atoms with Crippen LogP contribution in [0.15, 0.2) is 6.20 Å². The van der Waals surface area contributed by atoms with Crippen molar-refractivity contribution in [3.8, 4) is 0 Å². The van der Waals surface area contributed by atoms with Crippen molar-refractivity contribution >= 4 is 5.78 Å². The van der Waals surface area contributed by atoms with Crippen molar-refractivity contribution in [3.05, 3.63) is 11.9 Å². The lowest BCUT2D eigenvalue weighted by molar-refractivity contribution is -0.247. The number of hydrogen-bond acceptors (Lipinski definition) is 5. The van der Waals surface area contributed by atoms with Crippen LogP contribution in [0.1, 0.15) is 77.3 Å². The van der Waals surface area contributed by atoms with E-state index in [1.54, 1.807) is 18.1 Å². The molecule has 5 rings (SSSR count). The first-order valence-electron chi connectivity index (χ1n) is 12.4.